The van der Waals surface area contributed by atoms with E-state index in [1.165, 1.54) is 18.3 Å². The van der Waals surface area contributed by atoms with Crippen LogP contribution in [0.3, 0.4) is 0 Å². The van der Waals surface area contributed by atoms with Crippen molar-refractivity contribution in [3.63, 3.8) is 0 Å². The predicted molar refractivity (Wildman–Crippen MR) is 78.8 cm³/mol. The number of halogens is 1. The molecule has 1 aromatic heterocycles. The van der Waals surface area contributed by atoms with Crippen LogP contribution in [0.1, 0.15) is 27.7 Å². The summed E-state index contributed by atoms with van der Waals surface area (Å²) < 4.78 is 18.7. The van der Waals surface area contributed by atoms with Crippen LogP contribution in [0.25, 0.3) is 0 Å². The first kappa shape index (κ1) is 15.5. The highest BCUT2D eigenvalue weighted by molar-refractivity contribution is 5.69. The van der Waals surface area contributed by atoms with Crippen LogP contribution in [0.15, 0.2) is 18.3 Å². The number of rotatable bonds is 1. The number of anilines is 1. The van der Waals surface area contributed by atoms with E-state index in [1.54, 1.807) is 4.90 Å². The lowest BCUT2D eigenvalue weighted by Gasteiger charge is -2.40. The Kier molecular flexibility index (Phi) is 4.34. The maximum atomic E-state index is 13.3. The maximum Gasteiger partial charge on any atom is 0.410 e. The van der Waals surface area contributed by atoms with Gasteiger partial charge in [-0.3, -0.25) is 0 Å². The first-order valence-electron chi connectivity index (χ1n) is 7.12. The van der Waals surface area contributed by atoms with Crippen LogP contribution in [0.4, 0.5) is 15.0 Å². The Balaban J connectivity index is 2.01. The van der Waals surface area contributed by atoms with Gasteiger partial charge in [0.2, 0.25) is 0 Å². The number of carbonyl (C=O) groups is 1. The molecule has 1 aliphatic rings. The summed E-state index contributed by atoms with van der Waals surface area (Å²) in [6, 6.07) is 2.72. The van der Waals surface area contributed by atoms with Gasteiger partial charge in [0.1, 0.15) is 17.2 Å². The summed E-state index contributed by atoms with van der Waals surface area (Å²) in [5, 5.41) is 0. The number of hydrogen-bond acceptors (Lipinski definition) is 4. The van der Waals surface area contributed by atoms with E-state index in [0.29, 0.717) is 25.5 Å². The lowest BCUT2D eigenvalue weighted by molar-refractivity contribution is 0.0158. The number of ether oxygens (including phenoxy) is 1. The molecule has 5 nitrogen and oxygen atoms in total. The second-order valence-corrected chi connectivity index (χ2v) is 6.30. The van der Waals surface area contributed by atoms with Crippen molar-refractivity contribution in [2.45, 2.75) is 39.3 Å². The first-order valence-corrected chi connectivity index (χ1v) is 7.12. The van der Waals surface area contributed by atoms with Crippen molar-refractivity contribution in [1.82, 2.24) is 9.88 Å². The Morgan fingerprint density at radius 3 is 2.71 bits per heavy atom. The molecule has 0 aromatic carbocycles. The highest BCUT2D eigenvalue weighted by Gasteiger charge is 2.31. The van der Waals surface area contributed by atoms with Gasteiger partial charge in [0.15, 0.2) is 0 Å². The fourth-order valence-electron chi connectivity index (χ4n) is 2.32. The van der Waals surface area contributed by atoms with E-state index in [0.717, 1.165) is 0 Å². The number of aromatic nitrogens is 1. The molecule has 1 atom stereocenters. The van der Waals surface area contributed by atoms with Crippen molar-refractivity contribution in [2.75, 3.05) is 24.5 Å². The molecular formula is C15H22FN3O2. The molecule has 21 heavy (non-hydrogen) atoms. The largest absolute Gasteiger partial charge is 0.444 e. The summed E-state index contributed by atoms with van der Waals surface area (Å²) in [4.78, 5) is 20.0. The number of nitrogens with zero attached hydrogens (tertiary/aromatic N) is 3. The van der Waals surface area contributed by atoms with Crippen LogP contribution in [-0.4, -0.2) is 47.3 Å². The Hall–Kier alpha value is -1.85. The van der Waals surface area contributed by atoms with Gasteiger partial charge in [-0.1, -0.05) is 0 Å². The first-order chi connectivity index (χ1) is 9.76. The molecule has 2 heterocycles. The van der Waals surface area contributed by atoms with E-state index in [1.807, 2.05) is 32.6 Å². The van der Waals surface area contributed by atoms with Gasteiger partial charge in [-0.05, 0) is 33.8 Å². The molecule has 1 amide bonds. The monoisotopic (exact) mass is 295 g/mol. The van der Waals surface area contributed by atoms with E-state index < -0.39 is 5.60 Å². The van der Waals surface area contributed by atoms with Gasteiger partial charge in [-0.2, -0.15) is 0 Å². The number of pyridine rings is 1. The molecule has 1 aromatic rings. The van der Waals surface area contributed by atoms with Crippen molar-refractivity contribution < 1.29 is 13.9 Å². The normalized spacial score (nSPS) is 19.6. The average molecular weight is 295 g/mol. The number of amides is 1. The van der Waals surface area contributed by atoms with Crippen LogP contribution in [-0.2, 0) is 4.74 Å². The molecule has 0 saturated carbocycles. The van der Waals surface area contributed by atoms with E-state index in [9.17, 15) is 9.18 Å². The third-order valence-electron chi connectivity index (χ3n) is 3.29. The van der Waals surface area contributed by atoms with Gasteiger partial charge in [0, 0.05) is 37.9 Å². The fraction of sp³-hybridized carbons (Fsp3) is 0.600. The Morgan fingerprint density at radius 2 is 2.14 bits per heavy atom. The summed E-state index contributed by atoms with van der Waals surface area (Å²) in [6.07, 6.45) is 1.15. The number of carbonyl (C=O) groups excluding carboxylic acids is 1. The molecule has 1 aliphatic heterocycles. The van der Waals surface area contributed by atoms with Crippen LogP contribution in [0.5, 0.6) is 0 Å². The lowest BCUT2D eigenvalue weighted by atomic mass is 10.2. The van der Waals surface area contributed by atoms with Gasteiger partial charge in [0.05, 0.1) is 0 Å². The second-order valence-electron chi connectivity index (χ2n) is 6.30. The quantitative estimate of drug-likeness (QED) is 0.799. The third kappa shape index (κ3) is 4.06. The third-order valence-corrected chi connectivity index (χ3v) is 3.29. The molecule has 0 N–H and O–H groups in total. The lowest BCUT2D eigenvalue weighted by Crippen LogP contribution is -2.55. The van der Waals surface area contributed by atoms with Crippen molar-refractivity contribution in [3.8, 4) is 0 Å². The summed E-state index contributed by atoms with van der Waals surface area (Å²) in [5.41, 5.74) is -0.502. The molecule has 6 heteroatoms. The minimum atomic E-state index is -0.502. The minimum absolute atomic E-state index is 0.0151. The van der Waals surface area contributed by atoms with Gasteiger partial charge in [-0.25, -0.2) is 14.2 Å². The molecule has 1 saturated heterocycles. The zero-order valence-corrected chi connectivity index (χ0v) is 13.0. The van der Waals surface area contributed by atoms with Gasteiger partial charge in [-0.15, -0.1) is 0 Å². The van der Waals surface area contributed by atoms with E-state index in [-0.39, 0.29) is 18.0 Å². The fourth-order valence-corrected chi connectivity index (χ4v) is 2.32. The van der Waals surface area contributed by atoms with Gasteiger partial charge >= 0.3 is 6.09 Å². The van der Waals surface area contributed by atoms with Gasteiger partial charge in [0.25, 0.3) is 0 Å². The molecule has 0 unspecified atom stereocenters. The summed E-state index contributed by atoms with van der Waals surface area (Å²) in [6.45, 7) is 9.26. The van der Waals surface area contributed by atoms with Crippen molar-refractivity contribution in [1.29, 1.82) is 0 Å². The van der Waals surface area contributed by atoms with E-state index in [4.69, 9.17) is 4.74 Å². The molecule has 0 spiro atoms. The van der Waals surface area contributed by atoms with Gasteiger partial charge < -0.3 is 14.5 Å². The Morgan fingerprint density at radius 1 is 1.43 bits per heavy atom. The smallest absolute Gasteiger partial charge is 0.410 e. The molecule has 0 bridgehead atoms. The highest BCUT2D eigenvalue weighted by Crippen LogP contribution is 2.19. The zero-order valence-electron chi connectivity index (χ0n) is 13.0. The van der Waals surface area contributed by atoms with Crippen LogP contribution in [0.2, 0.25) is 0 Å². The molecule has 1 fully saturated rings. The van der Waals surface area contributed by atoms with Crippen molar-refractivity contribution in [3.05, 3.63) is 24.1 Å². The molecule has 0 aliphatic carbocycles. The predicted octanol–water partition coefficient (Wildman–Crippen LogP) is 2.67. The van der Waals surface area contributed by atoms with Crippen molar-refractivity contribution >= 4 is 11.9 Å². The standard InChI is InChI=1S/C15H22FN3O2/c1-11-10-18(13-9-12(16)5-6-17-13)7-8-19(11)14(20)21-15(2,3)4/h5-6,9,11H,7-8,10H2,1-4H3/t11-/m1/s1. The SMILES string of the molecule is C[C@@H]1CN(c2cc(F)ccn2)CCN1C(=O)OC(C)(C)C. The summed E-state index contributed by atoms with van der Waals surface area (Å²) >= 11 is 0. The second kappa shape index (κ2) is 5.87. The van der Waals surface area contributed by atoms with Crippen LogP contribution < -0.4 is 4.90 Å². The number of piperazine rings is 1. The van der Waals surface area contributed by atoms with E-state index in [2.05, 4.69) is 4.98 Å². The molecule has 0 radical (unpaired) electrons. The summed E-state index contributed by atoms with van der Waals surface area (Å²) in [5.74, 6) is 0.299. The molecular weight excluding hydrogens is 273 g/mol. The topological polar surface area (TPSA) is 45.7 Å². The molecule has 116 valence electrons. The Bertz CT molecular complexity index is 516. The number of hydrogen-bond donors (Lipinski definition) is 0. The summed E-state index contributed by atoms with van der Waals surface area (Å²) in [7, 11) is 0. The minimum Gasteiger partial charge on any atom is -0.444 e. The Labute approximate surface area is 124 Å². The average Bonchev–Trinajstić information content (AvgIpc) is 2.36. The maximum absolute atomic E-state index is 13.3. The zero-order chi connectivity index (χ0) is 15.6. The van der Waals surface area contributed by atoms with Crippen molar-refractivity contribution in [2.24, 2.45) is 0 Å². The van der Waals surface area contributed by atoms with Crippen LogP contribution >= 0.6 is 0 Å². The molecule has 2 rings (SSSR count). The van der Waals surface area contributed by atoms with E-state index >= 15 is 0 Å². The highest BCUT2D eigenvalue weighted by atomic mass is 19.1. The van der Waals surface area contributed by atoms with Crippen LogP contribution in [0, 0.1) is 5.82 Å².